The van der Waals surface area contributed by atoms with E-state index in [2.05, 4.69) is 138 Å². The first-order chi connectivity index (χ1) is 19.7. The number of phenols is 1. The predicted molar refractivity (Wildman–Crippen MR) is 188 cm³/mol. The van der Waals surface area contributed by atoms with E-state index in [0.29, 0.717) is 5.75 Å². The summed E-state index contributed by atoms with van der Waals surface area (Å²) in [6.45, 7) is 25.7. The van der Waals surface area contributed by atoms with Gasteiger partial charge in [0.15, 0.2) is 5.78 Å². The average molecular weight is 611 g/mol. The summed E-state index contributed by atoms with van der Waals surface area (Å²) >= 11 is 3.59. The average Bonchev–Trinajstić information content (AvgIpc) is 3.42. The molecule has 4 heteroatoms. The number of carbonyl (C=O) groups is 1. The molecule has 0 saturated heterocycles. The van der Waals surface area contributed by atoms with E-state index < -0.39 is 0 Å². The van der Waals surface area contributed by atoms with E-state index in [0.717, 1.165) is 33.4 Å². The van der Waals surface area contributed by atoms with Gasteiger partial charge in [0.05, 0.1) is 0 Å². The van der Waals surface area contributed by atoms with Gasteiger partial charge >= 0.3 is 0 Å². The smallest absolute Gasteiger partial charge is 0.186 e. The molecule has 226 valence electrons. The van der Waals surface area contributed by atoms with Crippen LogP contribution < -0.4 is 9.06 Å². The molecule has 2 aromatic heterocycles. The summed E-state index contributed by atoms with van der Waals surface area (Å²) in [7, 11) is 0. The van der Waals surface area contributed by atoms with Gasteiger partial charge in [-0.05, 0) is 81.4 Å². The van der Waals surface area contributed by atoms with E-state index in [1.165, 1.54) is 29.9 Å². The molecule has 0 radical (unpaired) electrons. The highest BCUT2D eigenvalue weighted by molar-refractivity contribution is 7.17. The molecule has 2 heterocycles. The second-order valence-electron chi connectivity index (χ2n) is 16.1. The van der Waals surface area contributed by atoms with Crippen molar-refractivity contribution in [3.8, 4) is 27.3 Å². The molecule has 0 spiro atoms. The molecule has 0 fully saturated rings. The zero-order chi connectivity index (χ0) is 31.9. The van der Waals surface area contributed by atoms with Crippen LogP contribution >= 0.6 is 22.7 Å². The van der Waals surface area contributed by atoms with Crippen LogP contribution in [0.5, 0.6) is 5.75 Å². The minimum absolute atomic E-state index is 0.166. The lowest BCUT2D eigenvalue weighted by Crippen LogP contribution is -2.28. The number of hydrogen-bond donors (Lipinski definition) is 1. The second kappa shape index (κ2) is 10.3. The Balaban J connectivity index is 1.72. The van der Waals surface area contributed by atoms with Crippen molar-refractivity contribution in [3.63, 3.8) is 0 Å². The van der Waals surface area contributed by atoms with Crippen molar-refractivity contribution < 1.29 is 9.90 Å². The largest absolute Gasteiger partial charge is 0.507 e. The summed E-state index contributed by atoms with van der Waals surface area (Å²) in [4.78, 5) is 16.0. The SMILES string of the molecule is CC(C)(C)C1=CC(=c2cc3c(s2)=CC=Cc2sc(-c4cc(C(C)(C)C)c(O)c(C(C)(C)C)c4)cc2-3)C=C(C(C)(C)C)C1=O. The van der Waals surface area contributed by atoms with E-state index >= 15 is 0 Å². The fourth-order valence-corrected chi connectivity index (χ4v) is 7.94. The molecule has 2 aliphatic rings. The highest BCUT2D eigenvalue weighted by Crippen LogP contribution is 2.45. The Morgan fingerprint density at radius 2 is 1.19 bits per heavy atom. The molecule has 43 heavy (non-hydrogen) atoms. The molecule has 0 saturated carbocycles. The second-order valence-corrected chi connectivity index (χ2v) is 18.3. The third kappa shape index (κ3) is 5.93. The van der Waals surface area contributed by atoms with Crippen LogP contribution in [-0.4, -0.2) is 10.9 Å². The lowest BCUT2D eigenvalue weighted by atomic mass is 9.72. The fourth-order valence-electron chi connectivity index (χ4n) is 5.79. The topological polar surface area (TPSA) is 37.3 Å². The maximum atomic E-state index is 13.6. The molecule has 5 rings (SSSR count). The lowest BCUT2D eigenvalue weighted by Gasteiger charge is -2.31. The first kappa shape index (κ1) is 31.5. The van der Waals surface area contributed by atoms with E-state index in [9.17, 15) is 9.90 Å². The number of fused-ring (bicyclic) bond motifs is 3. The number of Topliss-reactive ketones (excluding diaryl/α,β-unsaturated/α-hetero) is 1. The Labute approximate surface area is 265 Å². The van der Waals surface area contributed by atoms with Crippen molar-refractivity contribution in [2.75, 3.05) is 0 Å². The van der Waals surface area contributed by atoms with Crippen LogP contribution in [-0.2, 0) is 15.6 Å². The number of allylic oxidation sites excluding steroid dienone is 5. The number of hydrogen-bond acceptors (Lipinski definition) is 4. The molecule has 1 N–H and O–H groups in total. The molecule has 0 unspecified atom stereocenters. The molecule has 3 aromatic rings. The van der Waals surface area contributed by atoms with Gasteiger partial charge in [0.25, 0.3) is 0 Å². The number of carbonyl (C=O) groups excluding carboxylic acids is 1. The van der Waals surface area contributed by atoms with Gasteiger partial charge in [0.2, 0.25) is 0 Å². The van der Waals surface area contributed by atoms with E-state index in [1.807, 2.05) is 0 Å². The molecular formula is C39H46O2S2. The van der Waals surface area contributed by atoms with E-state index in [4.69, 9.17) is 0 Å². The summed E-state index contributed by atoms with van der Waals surface area (Å²) in [6, 6.07) is 9.00. The molecule has 0 bridgehead atoms. The van der Waals surface area contributed by atoms with Crippen LogP contribution in [0, 0.1) is 10.8 Å². The van der Waals surface area contributed by atoms with Gasteiger partial charge in [0, 0.05) is 52.2 Å². The molecular weight excluding hydrogens is 565 g/mol. The molecule has 0 aliphatic heterocycles. The maximum absolute atomic E-state index is 13.6. The third-order valence-corrected chi connectivity index (χ3v) is 10.6. The third-order valence-electron chi connectivity index (χ3n) is 8.31. The Morgan fingerprint density at radius 1 is 0.651 bits per heavy atom. The summed E-state index contributed by atoms with van der Waals surface area (Å²) in [5.41, 5.74) is 7.58. The van der Waals surface area contributed by atoms with Crippen LogP contribution in [0.4, 0.5) is 0 Å². The highest BCUT2D eigenvalue weighted by atomic mass is 32.1. The monoisotopic (exact) mass is 610 g/mol. The van der Waals surface area contributed by atoms with Crippen molar-refractivity contribution in [1.29, 1.82) is 0 Å². The quantitative estimate of drug-likeness (QED) is 0.298. The number of rotatable bonds is 1. The first-order valence-electron chi connectivity index (χ1n) is 15.2. The van der Waals surface area contributed by atoms with Gasteiger partial charge in [-0.1, -0.05) is 89.2 Å². The lowest BCUT2D eigenvalue weighted by molar-refractivity contribution is -0.114. The number of ketones is 1. The van der Waals surface area contributed by atoms with Crippen LogP contribution in [0.25, 0.3) is 39.3 Å². The van der Waals surface area contributed by atoms with Gasteiger partial charge < -0.3 is 5.11 Å². The van der Waals surface area contributed by atoms with Gasteiger partial charge in [-0.2, -0.15) is 0 Å². The summed E-state index contributed by atoms with van der Waals surface area (Å²) in [5.74, 6) is 0.578. The van der Waals surface area contributed by atoms with Gasteiger partial charge in [-0.3, -0.25) is 4.79 Å². The van der Waals surface area contributed by atoms with E-state index in [-0.39, 0.29) is 27.4 Å². The van der Waals surface area contributed by atoms with Gasteiger partial charge in [0.1, 0.15) is 5.75 Å². The predicted octanol–water partition coefficient (Wildman–Crippen LogP) is 9.93. The van der Waals surface area contributed by atoms with Crippen LogP contribution in [0.2, 0.25) is 0 Å². The van der Waals surface area contributed by atoms with Crippen molar-refractivity contribution in [3.05, 3.63) is 78.7 Å². The van der Waals surface area contributed by atoms with Crippen molar-refractivity contribution >= 4 is 46.2 Å². The summed E-state index contributed by atoms with van der Waals surface area (Å²) < 4.78 is 2.41. The normalized spacial score (nSPS) is 15.9. The number of aromatic hydroxyl groups is 1. The highest BCUT2D eigenvalue weighted by Gasteiger charge is 2.34. The number of thiophene rings is 2. The zero-order valence-corrected chi connectivity index (χ0v) is 29.5. The Kier molecular flexibility index (Phi) is 7.55. The maximum Gasteiger partial charge on any atom is 0.186 e. The standard InChI is InChI=1S/C39H46O2S2/c1-36(2,3)26-16-22(17-27(34(26)40)37(4,5)6)32-20-24-25-21-33(43-31(25)15-13-14-30(24)42-32)23-18-28(38(7,8)9)35(41)29(19-23)39(10,11)12/h13-21,40H,1-12H3. The van der Waals surface area contributed by atoms with Crippen LogP contribution in [0.15, 0.2) is 53.6 Å². The minimum Gasteiger partial charge on any atom is -0.507 e. The molecule has 2 nitrogen and oxygen atoms in total. The Hall–Kier alpha value is -2.95. The van der Waals surface area contributed by atoms with Crippen LogP contribution in [0.3, 0.4) is 0 Å². The van der Waals surface area contributed by atoms with Gasteiger partial charge in [-0.25, -0.2) is 0 Å². The fraction of sp³-hybridized carbons (Fsp3) is 0.410. The first-order valence-corrected chi connectivity index (χ1v) is 16.8. The number of benzene rings is 1. The van der Waals surface area contributed by atoms with Crippen molar-refractivity contribution in [1.82, 2.24) is 0 Å². The zero-order valence-electron chi connectivity index (χ0n) is 27.9. The Bertz CT molecular complexity index is 1780. The number of phenolic OH excluding ortho intramolecular Hbond substituents is 1. The van der Waals surface area contributed by atoms with Crippen molar-refractivity contribution in [2.45, 2.75) is 93.9 Å². The molecule has 0 atom stereocenters. The molecule has 0 amide bonds. The van der Waals surface area contributed by atoms with Crippen LogP contribution in [0.1, 0.15) is 99.1 Å². The van der Waals surface area contributed by atoms with Gasteiger partial charge in [-0.15, -0.1) is 22.7 Å². The summed E-state index contributed by atoms with van der Waals surface area (Å²) in [5, 5.41) is 11.3. The van der Waals surface area contributed by atoms with E-state index in [1.54, 1.807) is 22.7 Å². The molecule has 2 aliphatic carbocycles. The minimum atomic E-state index is -0.242. The van der Waals surface area contributed by atoms with Crippen molar-refractivity contribution in [2.24, 2.45) is 10.8 Å². The Morgan fingerprint density at radius 3 is 1.67 bits per heavy atom. The molecule has 1 aromatic carbocycles. The summed E-state index contributed by atoms with van der Waals surface area (Å²) in [6.07, 6.45) is 10.8.